The quantitative estimate of drug-likeness (QED) is 0.533. The minimum Gasteiger partial charge on any atom is -0.505 e. The molecule has 1 N–H and O–H groups in total. The first-order valence-electron chi connectivity index (χ1n) is 10.2. The number of rotatable bonds is 6. The number of benzene rings is 2. The minimum atomic E-state index is -3.15. The second kappa shape index (κ2) is 8.36. The van der Waals surface area contributed by atoms with Crippen LogP contribution in [-0.2, 0) is 14.6 Å². The molecular weight excluding hydrogens is 403 g/mol. The lowest BCUT2D eigenvalue weighted by molar-refractivity contribution is 0.118. The van der Waals surface area contributed by atoms with Crippen LogP contribution in [0.4, 0.5) is 4.39 Å². The summed E-state index contributed by atoms with van der Waals surface area (Å²) in [6, 6.07) is 14.2. The number of hydrogen-bond acceptors (Lipinski definition) is 4. The Morgan fingerprint density at radius 3 is 2.70 bits per heavy atom. The van der Waals surface area contributed by atoms with E-state index in [0.29, 0.717) is 18.4 Å². The molecule has 0 unspecified atom stereocenters. The Labute approximate surface area is 176 Å². The predicted octanol–water partition coefficient (Wildman–Crippen LogP) is 4.75. The van der Waals surface area contributed by atoms with E-state index in [2.05, 4.69) is 0 Å². The van der Waals surface area contributed by atoms with Gasteiger partial charge in [-0.25, -0.2) is 12.8 Å². The third-order valence-electron chi connectivity index (χ3n) is 5.92. The monoisotopic (exact) mass is 428 g/mol. The number of sulfone groups is 1. The zero-order valence-corrected chi connectivity index (χ0v) is 17.7. The van der Waals surface area contributed by atoms with Gasteiger partial charge in [0.1, 0.15) is 5.25 Å². The molecule has 0 bridgehead atoms. The van der Waals surface area contributed by atoms with Crippen LogP contribution in [0, 0.1) is 5.82 Å². The van der Waals surface area contributed by atoms with E-state index in [0.717, 1.165) is 28.7 Å². The van der Waals surface area contributed by atoms with Gasteiger partial charge in [0.15, 0.2) is 21.4 Å². The van der Waals surface area contributed by atoms with Crippen LogP contribution in [0.2, 0.25) is 0 Å². The van der Waals surface area contributed by atoms with Gasteiger partial charge in [-0.3, -0.25) is 0 Å². The standard InChI is InChI=1S/C24H25FO4S/c1-2-17-15-30(27,28)23-14-29-22(24(17)23)11-9-19(18-6-4-3-5-7-18)12-16-8-10-21(26)20(25)13-16/h3-8,10,12-13,22-23,26H,2,9,11,14-15H2,1H3/b19-12-/t22-,23+/m1/s1. The van der Waals surface area contributed by atoms with Crippen molar-refractivity contribution in [2.45, 2.75) is 37.5 Å². The van der Waals surface area contributed by atoms with Gasteiger partial charge in [0, 0.05) is 0 Å². The first-order chi connectivity index (χ1) is 14.4. The fourth-order valence-electron chi connectivity index (χ4n) is 4.37. The SMILES string of the molecule is CCC1=C2[C@@H](CC/C(=C/c3ccc(O)c(F)c3)c3ccccc3)OC[C@@H]2S(=O)(=O)C1. The van der Waals surface area contributed by atoms with Crippen molar-refractivity contribution in [3.8, 4) is 5.75 Å². The molecule has 0 saturated carbocycles. The van der Waals surface area contributed by atoms with E-state index in [9.17, 15) is 17.9 Å². The number of fused-ring (bicyclic) bond motifs is 1. The van der Waals surface area contributed by atoms with Crippen LogP contribution in [0.1, 0.15) is 37.3 Å². The van der Waals surface area contributed by atoms with E-state index in [-0.39, 0.29) is 24.2 Å². The second-order valence-electron chi connectivity index (χ2n) is 7.82. The van der Waals surface area contributed by atoms with Gasteiger partial charge in [-0.1, -0.05) is 55.0 Å². The van der Waals surface area contributed by atoms with E-state index in [1.165, 1.54) is 12.1 Å². The maximum atomic E-state index is 13.8. The van der Waals surface area contributed by atoms with Gasteiger partial charge in [0.25, 0.3) is 0 Å². The van der Waals surface area contributed by atoms with Gasteiger partial charge in [-0.2, -0.15) is 0 Å². The highest BCUT2D eigenvalue weighted by Crippen LogP contribution is 2.40. The first-order valence-corrected chi connectivity index (χ1v) is 11.9. The largest absolute Gasteiger partial charge is 0.505 e. The molecule has 6 heteroatoms. The maximum absolute atomic E-state index is 13.8. The molecule has 158 valence electrons. The highest BCUT2D eigenvalue weighted by Gasteiger charge is 2.46. The topological polar surface area (TPSA) is 63.6 Å². The van der Waals surface area contributed by atoms with Gasteiger partial charge in [-0.15, -0.1) is 0 Å². The summed E-state index contributed by atoms with van der Waals surface area (Å²) in [7, 11) is -3.15. The molecule has 0 spiro atoms. The van der Waals surface area contributed by atoms with Crippen LogP contribution in [0.25, 0.3) is 11.6 Å². The lowest BCUT2D eigenvalue weighted by Gasteiger charge is -2.15. The summed E-state index contributed by atoms with van der Waals surface area (Å²) in [6.07, 6.45) is 3.74. The summed E-state index contributed by atoms with van der Waals surface area (Å²) in [5.41, 5.74) is 4.64. The number of phenols is 1. The van der Waals surface area contributed by atoms with Crippen LogP contribution in [0.3, 0.4) is 0 Å². The Hall–Kier alpha value is -2.44. The Morgan fingerprint density at radius 2 is 2.00 bits per heavy atom. The second-order valence-corrected chi connectivity index (χ2v) is 10.00. The van der Waals surface area contributed by atoms with Gasteiger partial charge < -0.3 is 9.84 Å². The Kier molecular flexibility index (Phi) is 5.80. The van der Waals surface area contributed by atoms with Crippen LogP contribution in [0.15, 0.2) is 59.7 Å². The molecule has 0 radical (unpaired) electrons. The van der Waals surface area contributed by atoms with Crippen LogP contribution in [0.5, 0.6) is 5.75 Å². The highest BCUT2D eigenvalue weighted by atomic mass is 32.2. The highest BCUT2D eigenvalue weighted by molar-refractivity contribution is 7.92. The van der Waals surface area contributed by atoms with Crippen molar-refractivity contribution in [2.75, 3.05) is 12.4 Å². The molecule has 2 aliphatic heterocycles. The summed E-state index contributed by atoms with van der Waals surface area (Å²) in [6.45, 7) is 2.23. The van der Waals surface area contributed by atoms with Crippen molar-refractivity contribution in [2.24, 2.45) is 0 Å². The molecule has 0 aliphatic carbocycles. The van der Waals surface area contributed by atoms with Crippen molar-refractivity contribution in [1.82, 2.24) is 0 Å². The van der Waals surface area contributed by atoms with Crippen LogP contribution in [-0.4, -0.2) is 37.2 Å². The molecule has 30 heavy (non-hydrogen) atoms. The van der Waals surface area contributed by atoms with Crippen LogP contribution >= 0.6 is 0 Å². The molecule has 2 aromatic rings. The Bertz CT molecular complexity index is 1100. The number of halogens is 1. The van der Waals surface area contributed by atoms with Crippen molar-refractivity contribution in [3.05, 3.63) is 76.6 Å². The van der Waals surface area contributed by atoms with E-state index in [1.54, 1.807) is 6.07 Å². The van der Waals surface area contributed by atoms with Crippen molar-refractivity contribution in [1.29, 1.82) is 0 Å². The lowest BCUT2D eigenvalue weighted by atomic mass is 9.93. The number of hydrogen-bond donors (Lipinski definition) is 1. The number of aromatic hydroxyl groups is 1. The summed E-state index contributed by atoms with van der Waals surface area (Å²) in [5, 5.41) is 8.96. The van der Waals surface area contributed by atoms with Gasteiger partial charge >= 0.3 is 0 Å². The summed E-state index contributed by atoms with van der Waals surface area (Å²) in [4.78, 5) is 0. The zero-order valence-electron chi connectivity index (χ0n) is 16.8. The third kappa shape index (κ3) is 4.07. The minimum absolute atomic E-state index is 0.150. The average molecular weight is 429 g/mol. The first kappa shape index (κ1) is 20.8. The van der Waals surface area contributed by atoms with E-state index in [4.69, 9.17) is 4.74 Å². The molecule has 4 nitrogen and oxygen atoms in total. The van der Waals surface area contributed by atoms with E-state index >= 15 is 0 Å². The summed E-state index contributed by atoms with van der Waals surface area (Å²) < 4.78 is 44.6. The predicted molar refractivity (Wildman–Crippen MR) is 116 cm³/mol. The summed E-state index contributed by atoms with van der Waals surface area (Å²) in [5.74, 6) is -0.885. The normalized spacial score (nSPS) is 23.1. The van der Waals surface area contributed by atoms with Gasteiger partial charge in [-0.05, 0) is 53.7 Å². The fourth-order valence-corrected chi connectivity index (χ4v) is 6.42. The smallest absolute Gasteiger partial charge is 0.165 e. The Balaban J connectivity index is 1.60. The van der Waals surface area contributed by atoms with Crippen molar-refractivity contribution >= 4 is 21.5 Å². The van der Waals surface area contributed by atoms with E-state index < -0.39 is 20.9 Å². The molecule has 2 aliphatic rings. The molecule has 0 aromatic heterocycles. The van der Waals surface area contributed by atoms with E-state index in [1.807, 2.05) is 43.3 Å². The molecule has 4 rings (SSSR count). The summed E-state index contributed by atoms with van der Waals surface area (Å²) >= 11 is 0. The van der Waals surface area contributed by atoms with Crippen LogP contribution < -0.4 is 0 Å². The van der Waals surface area contributed by atoms with Crippen molar-refractivity contribution < 1.29 is 22.7 Å². The number of ether oxygens (including phenoxy) is 1. The maximum Gasteiger partial charge on any atom is 0.165 e. The molecule has 0 amide bonds. The molecule has 2 atom stereocenters. The fraction of sp³-hybridized carbons (Fsp3) is 0.333. The third-order valence-corrected chi connectivity index (χ3v) is 7.93. The molecule has 2 heterocycles. The molecule has 2 aromatic carbocycles. The number of phenolic OH excluding ortho intramolecular Hbond substituents is 1. The lowest BCUT2D eigenvalue weighted by Crippen LogP contribution is -2.19. The number of allylic oxidation sites excluding steroid dienone is 1. The molecule has 1 saturated heterocycles. The molecular formula is C24H25FO4S. The van der Waals surface area contributed by atoms with Gasteiger partial charge in [0.2, 0.25) is 0 Å². The molecule has 1 fully saturated rings. The zero-order chi connectivity index (χ0) is 21.3. The average Bonchev–Trinajstić information content (AvgIpc) is 3.27. The van der Waals surface area contributed by atoms with Crippen molar-refractivity contribution in [3.63, 3.8) is 0 Å². The Morgan fingerprint density at radius 1 is 1.23 bits per heavy atom. The van der Waals surface area contributed by atoms with Gasteiger partial charge in [0.05, 0.1) is 18.5 Å².